The Morgan fingerprint density at radius 2 is 1.73 bits per heavy atom. The monoisotopic (exact) mass is 298 g/mol. The van der Waals surface area contributed by atoms with Crippen molar-refractivity contribution in [3.63, 3.8) is 0 Å². The molecule has 1 heterocycles. The first-order valence-corrected chi connectivity index (χ1v) is 7.64. The van der Waals surface area contributed by atoms with Crippen molar-refractivity contribution >= 4 is 5.69 Å². The van der Waals surface area contributed by atoms with E-state index in [2.05, 4.69) is 40.1 Å². The van der Waals surface area contributed by atoms with Gasteiger partial charge in [-0.2, -0.15) is 0 Å². The van der Waals surface area contributed by atoms with Crippen molar-refractivity contribution in [2.24, 2.45) is 0 Å². The van der Waals surface area contributed by atoms with E-state index in [1.165, 1.54) is 11.3 Å². The highest BCUT2D eigenvalue weighted by Crippen LogP contribution is 2.27. The van der Waals surface area contributed by atoms with Crippen molar-refractivity contribution in [2.75, 3.05) is 38.2 Å². The van der Waals surface area contributed by atoms with Crippen LogP contribution in [0.15, 0.2) is 48.5 Å². The molecule has 2 aromatic carbocycles. The Bertz CT molecular complexity index is 608. The fourth-order valence-electron chi connectivity index (χ4n) is 2.88. The molecule has 116 valence electrons. The van der Waals surface area contributed by atoms with Crippen molar-refractivity contribution in [1.29, 1.82) is 0 Å². The molecule has 4 nitrogen and oxygen atoms in total. The van der Waals surface area contributed by atoms with Gasteiger partial charge in [-0.15, -0.1) is 0 Å². The number of para-hydroxylation sites is 1. The van der Waals surface area contributed by atoms with Gasteiger partial charge in [-0.05, 0) is 29.8 Å². The highest BCUT2D eigenvalue weighted by molar-refractivity contribution is 5.46. The molecule has 1 fully saturated rings. The van der Waals surface area contributed by atoms with Gasteiger partial charge in [-0.25, -0.2) is 0 Å². The number of hydrogen-bond acceptors (Lipinski definition) is 4. The minimum atomic E-state index is 0.195. The minimum absolute atomic E-state index is 0.195. The second-order valence-corrected chi connectivity index (χ2v) is 5.60. The molecule has 1 N–H and O–H groups in total. The van der Waals surface area contributed by atoms with Gasteiger partial charge in [0, 0.05) is 38.4 Å². The summed E-state index contributed by atoms with van der Waals surface area (Å²) in [5, 5.41) is 9.66. The van der Waals surface area contributed by atoms with Crippen LogP contribution < -0.4 is 9.64 Å². The second-order valence-electron chi connectivity index (χ2n) is 5.60. The van der Waals surface area contributed by atoms with Crippen LogP contribution in [0.4, 0.5) is 5.69 Å². The molecule has 0 atom stereocenters. The van der Waals surface area contributed by atoms with Gasteiger partial charge in [0.1, 0.15) is 0 Å². The van der Waals surface area contributed by atoms with Crippen molar-refractivity contribution in [3.8, 4) is 11.5 Å². The molecule has 0 saturated carbocycles. The highest BCUT2D eigenvalue weighted by atomic mass is 16.5. The van der Waals surface area contributed by atoms with Crippen molar-refractivity contribution < 1.29 is 9.84 Å². The highest BCUT2D eigenvalue weighted by Gasteiger charge is 2.17. The lowest BCUT2D eigenvalue weighted by atomic mass is 10.1. The number of ether oxygens (including phenoxy) is 1. The number of benzene rings is 2. The average Bonchev–Trinajstić information content (AvgIpc) is 2.58. The summed E-state index contributed by atoms with van der Waals surface area (Å²) in [6.45, 7) is 5.05. The maximum absolute atomic E-state index is 9.66. The molecule has 0 unspecified atom stereocenters. The molecule has 3 rings (SSSR count). The van der Waals surface area contributed by atoms with Gasteiger partial charge in [0.25, 0.3) is 0 Å². The molecule has 0 aromatic heterocycles. The van der Waals surface area contributed by atoms with E-state index in [4.69, 9.17) is 4.74 Å². The van der Waals surface area contributed by atoms with Crippen LogP contribution in [0.5, 0.6) is 11.5 Å². The number of rotatable bonds is 4. The van der Waals surface area contributed by atoms with E-state index in [1.54, 1.807) is 13.2 Å². The first-order chi connectivity index (χ1) is 10.8. The Morgan fingerprint density at radius 1 is 1.00 bits per heavy atom. The number of hydrogen-bond donors (Lipinski definition) is 1. The summed E-state index contributed by atoms with van der Waals surface area (Å²) >= 11 is 0. The number of nitrogens with zero attached hydrogens (tertiary/aromatic N) is 2. The van der Waals surface area contributed by atoms with Gasteiger partial charge >= 0.3 is 0 Å². The molecular formula is C18H22N2O2. The van der Waals surface area contributed by atoms with Gasteiger partial charge in [-0.3, -0.25) is 4.90 Å². The topological polar surface area (TPSA) is 35.9 Å². The molecular weight excluding hydrogens is 276 g/mol. The smallest absolute Gasteiger partial charge is 0.160 e. The minimum Gasteiger partial charge on any atom is -0.504 e. The summed E-state index contributed by atoms with van der Waals surface area (Å²) in [7, 11) is 1.58. The van der Waals surface area contributed by atoms with Crippen LogP contribution in [0.2, 0.25) is 0 Å². The summed E-state index contributed by atoms with van der Waals surface area (Å²) in [4.78, 5) is 4.86. The largest absolute Gasteiger partial charge is 0.504 e. The number of phenolic OH excluding ortho intramolecular Hbond substituents is 1. The maximum atomic E-state index is 9.66. The molecule has 0 amide bonds. The number of aromatic hydroxyl groups is 1. The Hall–Kier alpha value is -2.20. The van der Waals surface area contributed by atoms with E-state index in [9.17, 15) is 5.11 Å². The fourth-order valence-corrected chi connectivity index (χ4v) is 2.88. The SMILES string of the molecule is COc1cc(CN2CCN(c3ccccc3)CC2)ccc1O. The predicted molar refractivity (Wildman–Crippen MR) is 88.6 cm³/mol. The molecule has 0 spiro atoms. The molecule has 2 aromatic rings. The van der Waals surface area contributed by atoms with Crippen LogP contribution in [-0.4, -0.2) is 43.3 Å². The predicted octanol–water partition coefficient (Wildman–Crippen LogP) is 2.72. The van der Waals surface area contributed by atoms with Gasteiger partial charge in [0.2, 0.25) is 0 Å². The molecule has 1 aliphatic heterocycles. The van der Waals surface area contributed by atoms with E-state index >= 15 is 0 Å². The third kappa shape index (κ3) is 3.34. The van der Waals surface area contributed by atoms with Crippen molar-refractivity contribution in [1.82, 2.24) is 4.90 Å². The van der Waals surface area contributed by atoms with E-state index in [0.29, 0.717) is 5.75 Å². The second kappa shape index (κ2) is 6.71. The van der Waals surface area contributed by atoms with Crippen molar-refractivity contribution in [2.45, 2.75) is 6.54 Å². The van der Waals surface area contributed by atoms with Crippen LogP contribution in [0.3, 0.4) is 0 Å². The maximum Gasteiger partial charge on any atom is 0.160 e. The Kier molecular flexibility index (Phi) is 4.49. The van der Waals surface area contributed by atoms with E-state index in [-0.39, 0.29) is 5.75 Å². The third-order valence-corrected chi connectivity index (χ3v) is 4.14. The van der Waals surface area contributed by atoms with Gasteiger partial charge in [-0.1, -0.05) is 24.3 Å². The van der Waals surface area contributed by atoms with Crippen LogP contribution in [0.1, 0.15) is 5.56 Å². The summed E-state index contributed by atoms with van der Waals surface area (Å²) in [6, 6.07) is 16.1. The number of piperazine rings is 1. The Balaban J connectivity index is 1.58. The lowest BCUT2D eigenvalue weighted by Crippen LogP contribution is -2.45. The average molecular weight is 298 g/mol. The Morgan fingerprint density at radius 3 is 2.41 bits per heavy atom. The molecule has 4 heteroatoms. The third-order valence-electron chi connectivity index (χ3n) is 4.14. The quantitative estimate of drug-likeness (QED) is 0.941. The van der Waals surface area contributed by atoms with Crippen LogP contribution in [0.25, 0.3) is 0 Å². The van der Waals surface area contributed by atoms with E-state index in [0.717, 1.165) is 32.7 Å². The molecule has 0 bridgehead atoms. The zero-order valence-electron chi connectivity index (χ0n) is 12.9. The zero-order valence-corrected chi connectivity index (χ0v) is 12.9. The molecule has 1 aliphatic rings. The normalized spacial score (nSPS) is 15.8. The van der Waals surface area contributed by atoms with Crippen LogP contribution in [-0.2, 0) is 6.54 Å². The molecule has 1 saturated heterocycles. The summed E-state index contributed by atoms with van der Waals surface area (Å²) in [5.74, 6) is 0.737. The van der Waals surface area contributed by atoms with Gasteiger partial charge in [0.15, 0.2) is 11.5 Å². The number of methoxy groups -OCH3 is 1. The summed E-state index contributed by atoms with van der Waals surface area (Å²) in [5.41, 5.74) is 2.47. The molecule has 22 heavy (non-hydrogen) atoms. The number of anilines is 1. The lowest BCUT2D eigenvalue weighted by molar-refractivity contribution is 0.249. The fraction of sp³-hybridized carbons (Fsp3) is 0.333. The number of phenols is 1. The molecule has 0 aliphatic carbocycles. The summed E-state index contributed by atoms with van der Waals surface area (Å²) < 4.78 is 5.17. The first-order valence-electron chi connectivity index (χ1n) is 7.64. The molecule has 0 radical (unpaired) electrons. The first kappa shape index (κ1) is 14.7. The van der Waals surface area contributed by atoms with Gasteiger partial charge < -0.3 is 14.7 Å². The van der Waals surface area contributed by atoms with Crippen LogP contribution >= 0.6 is 0 Å². The standard InChI is InChI=1S/C18H22N2O2/c1-22-18-13-15(7-8-17(18)21)14-19-9-11-20(12-10-19)16-5-3-2-4-6-16/h2-8,13,21H,9-12,14H2,1H3. The van der Waals surface area contributed by atoms with Gasteiger partial charge in [0.05, 0.1) is 7.11 Å². The van der Waals surface area contributed by atoms with Crippen molar-refractivity contribution in [3.05, 3.63) is 54.1 Å². The van der Waals surface area contributed by atoms with E-state index in [1.807, 2.05) is 12.1 Å². The lowest BCUT2D eigenvalue weighted by Gasteiger charge is -2.36. The Labute approximate surface area is 131 Å². The van der Waals surface area contributed by atoms with Crippen LogP contribution in [0, 0.1) is 0 Å². The zero-order chi connectivity index (χ0) is 15.4. The van der Waals surface area contributed by atoms with E-state index < -0.39 is 0 Å². The summed E-state index contributed by atoms with van der Waals surface area (Å²) in [6.07, 6.45) is 0.